The molecule has 0 saturated heterocycles. The van der Waals surface area contributed by atoms with Gasteiger partial charge in [-0.05, 0) is 92.8 Å². The van der Waals surface area contributed by atoms with Crippen LogP contribution in [0.5, 0.6) is 0 Å². The average molecular weight is 726 g/mol. The SMILES string of the molecule is CCCCCCCC(CC)c1cc(CNC)sc1-c1ccc(-c2sc(C(C)(CC)CCCCCCC)cc2C(CC)CCCCCCC)s1. The van der Waals surface area contributed by atoms with E-state index >= 15 is 0 Å². The van der Waals surface area contributed by atoms with Gasteiger partial charge in [0.15, 0.2) is 0 Å². The average Bonchev–Trinajstić information content (AvgIpc) is 3.87. The van der Waals surface area contributed by atoms with Gasteiger partial charge in [-0.25, -0.2) is 0 Å². The molecular formula is C45H75NS3. The van der Waals surface area contributed by atoms with Crippen molar-refractivity contribution in [2.24, 2.45) is 0 Å². The van der Waals surface area contributed by atoms with Gasteiger partial charge in [-0.3, -0.25) is 0 Å². The molecule has 0 radical (unpaired) electrons. The zero-order chi connectivity index (χ0) is 35.5. The molecule has 0 amide bonds. The van der Waals surface area contributed by atoms with E-state index in [9.17, 15) is 0 Å². The highest BCUT2D eigenvalue weighted by atomic mass is 32.1. The molecule has 3 aromatic heterocycles. The van der Waals surface area contributed by atoms with Gasteiger partial charge in [-0.15, -0.1) is 34.0 Å². The van der Waals surface area contributed by atoms with Crippen LogP contribution in [0.15, 0.2) is 24.3 Å². The van der Waals surface area contributed by atoms with Gasteiger partial charge in [-0.2, -0.15) is 0 Å². The first-order valence-corrected chi connectivity index (χ1v) is 23.4. The Labute approximate surface area is 316 Å². The first kappa shape index (κ1) is 42.5. The predicted molar refractivity (Wildman–Crippen MR) is 228 cm³/mol. The third kappa shape index (κ3) is 12.9. The van der Waals surface area contributed by atoms with Crippen molar-refractivity contribution in [1.29, 1.82) is 0 Å². The van der Waals surface area contributed by atoms with Crippen molar-refractivity contribution in [2.75, 3.05) is 7.05 Å². The fourth-order valence-corrected chi connectivity index (χ4v) is 11.8. The van der Waals surface area contributed by atoms with Crippen molar-refractivity contribution in [3.8, 4) is 19.5 Å². The minimum absolute atomic E-state index is 0.276. The summed E-state index contributed by atoms with van der Waals surface area (Å²) in [7, 11) is 2.09. The minimum atomic E-state index is 0.276. The number of hydrogen-bond acceptors (Lipinski definition) is 4. The molecule has 0 saturated carbocycles. The Morgan fingerprint density at radius 3 is 1.57 bits per heavy atom. The second-order valence-electron chi connectivity index (χ2n) is 15.3. The van der Waals surface area contributed by atoms with E-state index in [1.54, 1.807) is 25.8 Å². The highest BCUT2D eigenvalue weighted by Gasteiger charge is 2.30. The van der Waals surface area contributed by atoms with Crippen molar-refractivity contribution in [2.45, 2.75) is 207 Å². The van der Waals surface area contributed by atoms with E-state index in [4.69, 9.17) is 0 Å². The van der Waals surface area contributed by atoms with E-state index in [1.807, 2.05) is 11.3 Å². The van der Waals surface area contributed by atoms with Crippen LogP contribution in [-0.4, -0.2) is 7.05 Å². The molecule has 0 spiro atoms. The lowest BCUT2D eigenvalue weighted by atomic mass is 9.79. The first-order chi connectivity index (χ1) is 23.9. The normalized spacial score (nSPS) is 14.4. The second kappa shape index (κ2) is 23.6. The van der Waals surface area contributed by atoms with Gasteiger partial charge in [0.1, 0.15) is 0 Å². The van der Waals surface area contributed by atoms with E-state index in [2.05, 4.69) is 108 Å². The molecule has 3 unspecified atom stereocenters. The van der Waals surface area contributed by atoms with Crippen LogP contribution in [0.4, 0.5) is 0 Å². The molecule has 0 aliphatic heterocycles. The predicted octanol–water partition coefficient (Wildman–Crippen LogP) is 16.7. The number of unbranched alkanes of at least 4 members (excludes halogenated alkanes) is 12. The van der Waals surface area contributed by atoms with E-state index in [0.717, 1.165) is 6.54 Å². The fourth-order valence-electron chi connectivity index (χ4n) is 7.74. The molecule has 278 valence electrons. The Morgan fingerprint density at radius 1 is 0.592 bits per heavy atom. The van der Waals surface area contributed by atoms with Crippen LogP contribution in [0.2, 0.25) is 0 Å². The lowest BCUT2D eigenvalue weighted by Gasteiger charge is -2.27. The van der Waals surface area contributed by atoms with Crippen LogP contribution in [0, 0.1) is 0 Å². The van der Waals surface area contributed by atoms with E-state index in [-0.39, 0.29) is 5.41 Å². The Kier molecular flexibility index (Phi) is 20.4. The van der Waals surface area contributed by atoms with Gasteiger partial charge < -0.3 is 5.32 Å². The Bertz CT molecular complexity index is 1280. The van der Waals surface area contributed by atoms with Crippen LogP contribution in [0.1, 0.15) is 216 Å². The molecule has 0 fully saturated rings. The molecule has 0 bridgehead atoms. The topological polar surface area (TPSA) is 12.0 Å². The van der Waals surface area contributed by atoms with Gasteiger partial charge >= 0.3 is 0 Å². The maximum Gasteiger partial charge on any atom is 0.0481 e. The van der Waals surface area contributed by atoms with Gasteiger partial charge in [0.25, 0.3) is 0 Å². The molecule has 1 nitrogen and oxygen atoms in total. The molecule has 0 aromatic carbocycles. The second-order valence-corrected chi connectivity index (χ2v) is 18.6. The van der Waals surface area contributed by atoms with Crippen LogP contribution in [0.3, 0.4) is 0 Å². The summed E-state index contributed by atoms with van der Waals surface area (Å²) in [5, 5.41) is 3.45. The van der Waals surface area contributed by atoms with Gasteiger partial charge in [0, 0.05) is 41.2 Å². The molecule has 0 aliphatic rings. The summed E-state index contributed by atoms with van der Waals surface area (Å²) in [6.45, 7) is 17.8. The molecule has 49 heavy (non-hydrogen) atoms. The van der Waals surface area contributed by atoms with E-state index < -0.39 is 0 Å². The number of nitrogens with one attached hydrogen (secondary N) is 1. The van der Waals surface area contributed by atoms with Crippen LogP contribution >= 0.6 is 34.0 Å². The minimum Gasteiger partial charge on any atom is -0.315 e. The van der Waals surface area contributed by atoms with Gasteiger partial charge in [-0.1, -0.05) is 145 Å². The van der Waals surface area contributed by atoms with Crippen LogP contribution in [0.25, 0.3) is 19.5 Å². The quantitative estimate of drug-likeness (QED) is 0.0735. The molecular weight excluding hydrogens is 651 g/mol. The lowest BCUT2D eigenvalue weighted by molar-refractivity contribution is 0.401. The number of hydrogen-bond donors (Lipinski definition) is 1. The zero-order valence-electron chi connectivity index (χ0n) is 33.2. The fraction of sp³-hybridized carbons (Fsp3) is 0.733. The maximum atomic E-state index is 3.45. The number of thiophene rings is 3. The standard InChI is InChI=1S/C45H75NS3/c1-9-15-18-21-24-27-35(12-4)38-32-37(34-46-8)47-43(38)40-29-30-41(48-40)44-39(36(13-5)28-25-22-19-16-10-2)33-42(49-44)45(7,14-6)31-26-23-20-17-11-3/h29-30,32-33,35-36,46H,9-28,31,34H2,1-8H3. The highest BCUT2D eigenvalue weighted by molar-refractivity contribution is 7.26. The summed E-state index contributed by atoms with van der Waals surface area (Å²) in [6, 6.07) is 10.2. The third-order valence-electron chi connectivity index (χ3n) is 11.4. The largest absolute Gasteiger partial charge is 0.315 e. The van der Waals surface area contributed by atoms with Crippen LogP contribution in [-0.2, 0) is 12.0 Å². The van der Waals surface area contributed by atoms with Crippen molar-refractivity contribution in [3.05, 3.63) is 45.1 Å². The van der Waals surface area contributed by atoms with Crippen LogP contribution < -0.4 is 5.32 Å². The Hall–Kier alpha value is -0.940. The summed E-state index contributed by atoms with van der Waals surface area (Å²) >= 11 is 6.29. The Morgan fingerprint density at radius 2 is 1.08 bits per heavy atom. The smallest absolute Gasteiger partial charge is 0.0481 e. The summed E-state index contributed by atoms with van der Waals surface area (Å²) in [6.07, 6.45) is 28.2. The zero-order valence-corrected chi connectivity index (χ0v) is 35.7. The van der Waals surface area contributed by atoms with E-state index in [1.165, 1.54) is 149 Å². The molecule has 3 rings (SSSR count). The number of rotatable bonds is 28. The van der Waals surface area contributed by atoms with Crippen molar-refractivity contribution in [3.63, 3.8) is 0 Å². The highest BCUT2D eigenvalue weighted by Crippen LogP contribution is 2.50. The van der Waals surface area contributed by atoms with Crippen molar-refractivity contribution >= 4 is 34.0 Å². The first-order valence-electron chi connectivity index (χ1n) is 20.9. The summed E-state index contributed by atoms with van der Waals surface area (Å²) < 4.78 is 0. The van der Waals surface area contributed by atoms with Gasteiger partial charge in [0.05, 0.1) is 0 Å². The monoisotopic (exact) mass is 726 g/mol. The molecule has 3 atom stereocenters. The molecule has 1 N–H and O–H groups in total. The third-order valence-corrected chi connectivity index (χ3v) is 15.4. The molecule has 0 aliphatic carbocycles. The van der Waals surface area contributed by atoms with Crippen molar-refractivity contribution < 1.29 is 0 Å². The maximum absolute atomic E-state index is 3.45. The Balaban J connectivity index is 1.99. The summed E-state index contributed by atoms with van der Waals surface area (Å²) in [5.74, 6) is 1.32. The molecule has 3 heterocycles. The molecule has 4 heteroatoms. The summed E-state index contributed by atoms with van der Waals surface area (Å²) in [4.78, 5) is 9.27. The van der Waals surface area contributed by atoms with Crippen molar-refractivity contribution in [1.82, 2.24) is 5.32 Å². The van der Waals surface area contributed by atoms with Gasteiger partial charge in [0.2, 0.25) is 0 Å². The van der Waals surface area contributed by atoms with E-state index in [0.29, 0.717) is 11.8 Å². The molecule has 3 aromatic rings. The summed E-state index contributed by atoms with van der Waals surface area (Å²) in [5.41, 5.74) is 3.56. The lowest BCUT2D eigenvalue weighted by Crippen LogP contribution is -2.19.